The molecule has 4 heteroatoms. The van der Waals surface area contributed by atoms with Crippen LogP contribution in [0.2, 0.25) is 0 Å². The Balaban J connectivity index is 2.01. The number of nitrogens with one attached hydrogen (secondary N) is 1. The second-order valence-corrected chi connectivity index (χ2v) is 5.33. The molecule has 0 unspecified atom stereocenters. The molecule has 4 nitrogen and oxygen atoms in total. The Morgan fingerprint density at radius 3 is 2.61 bits per heavy atom. The lowest BCUT2D eigenvalue weighted by atomic mass is 9.82. The molecular weight excluding hydrogens is 228 g/mol. The van der Waals surface area contributed by atoms with E-state index < -0.39 is 5.97 Å². The van der Waals surface area contributed by atoms with Crippen molar-refractivity contribution in [1.29, 1.82) is 0 Å². The van der Waals surface area contributed by atoms with Gasteiger partial charge in [0.2, 0.25) is 0 Å². The number of nitrogens with zero attached hydrogens (tertiary/aromatic N) is 1. The Labute approximate surface area is 108 Å². The van der Waals surface area contributed by atoms with Crippen LogP contribution >= 0.6 is 0 Å². The summed E-state index contributed by atoms with van der Waals surface area (Å²) in [6.07, 6.45) is 5.57. The van der Waals surface area contributed by atoms with Crippen LogP contribution in [0.25, 0.3) is 0 Å². The molecule has 1 aromatic rings. The normalized spacial score (nSPS) is 24.1. The molecule has 1 heterocycles. The van der Waals surface area contributed by atoms with Gasteiger partial charge in [-0.25, -0.2) is 4.98 Å². The molecule has 0 radical (unpaired) electrons. The Morgan fingerprint density at radius 1 is 1.39 bits per heavy atom. The average Bonchev–Trinajstić information content (AvgIpc) is 2.72. The molecule has 0 amide bonds. The van der Waals surface area contributed by atoms with Crippen LogP contribution in [0.4, 0.5) is 0 Å². The molecule has 0 atom stereocenters. The molecule has 0 bridgehead atoms. The maximum Gasteiger partial charge on any atom is 0.306 e. The largest absolute Gasteiger partial charge is 0.481 e. The Morgan fingerprint density at radius 2 is 2.06 bits per heavy atom. The van der Waals surface area contributed by atoms with Crippen LogP contribution < -0.4 is 0 Å². The van der Waals surface area contributed by atoms with E-state index in [-0.39, 0.29) is 5.92 Å². The van der Waals surface area contributed by atoms with E-state index in [0.29, 0.717) is 5.92 Å². The lowest BCUT2D eigenvalue weighted by molar-refractivity contribution is -0.142. The number of hydrogen-bond donors (Lipinski definition) is 2. The number of aliphatic carboxylic acids is 1. The number of carboxylic acids is 1. The van der Waals surface area contributed by atoms with Gasteiger partial charge in [-0.3, -0.25) is 4.79 Å². The van der Waals surface area contributed by atoms with Crippen molar-refractivity contribution in [3.05, 3.63) is 17.2 Å². The smallest absolute Gasteiger partial charge is 0.306 e. The second kappa shape index (κ2) is 5.55. The zero-order valence-electron chi connectivity index (χ0n) is 11.2. The van der Waals surface area contributed by atoms with E-state index in [2.05, 4.69) is 18.8 Å². The monoisotopic (exact) mass is 250 g/mol. The summed E-state index contributed by atoms with van der Waals surface area (Å²) >= 11 is 0. The first-order valence-electron chi connectivity index (χ1n) is 6.90. The van der Waals surface area contributed by atoms with Gasteiger partial charge < -0.3 is 10.1 Å². The van der Waals surface area contributed by atoms with Gasteiger partial charge in [0.1, 0.15) is 5.82 Å². The van der Waals surface area contributed by atoms with Gasteiger partial charge in [-0.05, 0) is 39.0 Å². The van der Waals surface area contributed by atoms with E-state index in [9.17, 15) is 4.79 Å². The van der Waals surface area contributed by atoms with Gasteiger partial charge >= 0.3 is 5.97 Å². The molecule has 1 saturated carbocycles. The lowest BCUT2D eigenvalue weighted by Crippen LogP contribution is -2.21. The molecule has 0 aliphatic heterocycles. The number of carbonyl (C=O) groups is 1. The van der Waals surface area contributed by atoms with Gasteiger partial charge in [0.05, 0.1) is 11.6 Å². The highest BCUT2D eigenvalue weighted by atomic mass is 16.4. The van der Waals surface area contributed by atoms with E-state index in [1.165, 1.54) is 11.4 Å². The van der Waals surface area contributed by atoms with Crippen LogP contribution in [0.1, 0.15) is 62.2 Å². The van der Waals surface area contributed by atoms with Crippen LogP contribution in [0.15, 0.2) is 0 Å². The molecule has 2 N–H and O–H groups in total. The summed E-state index contributed by atoms with van der Waals surface area (Å²) in [6.45, 7) is 4.23. The molecule has 1 fully saturated rings. The third-order valence-corrected chi connectivity index (χ3v) is 3.95. The molecule has 1 aliphatic carbocycles. The third-order valence-electron chi connectivity index (χ3n) is 3.95. The molecule has 18 heavy (non-hydrogen) atoms. The highest BCUT2D eigenvalue weighted by molar-refractivity contribution is 5.70. The van der Waals surface area contributed by atoms with Crippen LogP contribution in [0.3, 0.4) is 0 Å². The highest BCUT2D eigenvalue weighted by Crippen LogP contribution is 2.35. The van der Waals surface area contributed by atoms with E-state index >= 15 is 0 Å². The van der Waals surface area contributed by atoms with Crippen LogP contribution in [0, 0.1) is 12.8 Å². The number of carboxylic acid groups (broad SMARTS) is 1. The third kappa shape index (κ3) is 2.74. The Bertz CT molecular complexity index is 417. The SMILES string of the molecule is CCCc1nc(C2CCC(C(=O)O)CC2)[nH]c1C. The standard InChI is InChI=1S/C14H22N2O2/c1-3-4-12-9(2)15-13(16-12)10-5-7-11(8-6-10)14(17)18/h10-11H,3-8H2,1-2H3,(H,15,16)(H,17,18). The molecule has 0 spiro atoms. The van der Waals surface area contributed by atoms with Gasteiger partial charge in [-0.2, -0.15) is 0 Å². The van der Waals surface area contributed by atoms with Crippen LogP contribution in [-0.4, -0.2) is 21.0 Å². The number of aromatic amines is 1. The maximum absolute atomic E-state index is 10.9. The quantitative estimate of drug-likeness (QED) is 0.863. The van der Waals surface area contributed by atoms with Crippen molar-refractivity contribution in [2.75, 3.05) is 0 Å². The fraction of sp³-hybridized carbons (Fsp3) is 0.714. The number of imidazole rings is 1. The van der Waals surface area contributed by atoms with E-state index in [1.54, 1.807) is 0 Å². The van der Waals surface area contributed by atoms with Crippen molar-refractivity contribution >= 4 is 5.97 Å². The number of H-pyrrole nitrogens is 1. The van der Waals surface area contributed by atoms with Crippen molar-refractivity contribution < 1.29 is 9.90 Å². The minimum Gasteiger partial charge on any atom is -0.481 e. The predicted octanol–water partition coefficient (Wildman–Crippen LogP) is 3.03. The number of aryl methyl sites for hydroxylation is 2. The minimum absolute atomic E-state index is 0.146. The van der Waals surface area contributed by atoms with Crippen LogP contribution in [0.5, 0.6) is 0 Å². The van der Waals surface area contributed by atoms with Crippen molar-refractivity contribution in [3.63, 3.8) is 0 Å². The van der Waals surface area contributed by atoms with Crippen molar-refractivity contribution in [2.45, 2.75) is 58.3 Å². The van der Waals surface area contributed by atoms with Gasteiger partial charge in [-0.15, -0.1) is 0 Å². The van der Waals surface area contributed by atoms with Crippen molar-refractivity contribution in [1.82, 2.24) is 9.97 Å². The molecular formula is C14H22N2O2. The molecule has 1 aromatic heterocycles. The minimum atomic E-state index is -0.643. The molecule has 0 saturated heterocycles. The van der Waals surface area contributed by atoms with Gasteiger partial charge in [-0.1, -0.05) is 13.3 Å². The van der Waals surface area contributed by atoms with E-state index in [0.717, 1.165) is 44.3 Å². The summed E-state index contributed by atoms with van der Waals surface area (Å²) in [5, 5.41) is 8.99. The molecule has 0 aromatic carbocycles. The highest BCUT2D eigenvalue weighted by Gasteiger charge is 2.28. The summed E-state index contributed by atoms with van der Waals surface area (Å²) < 4.78 is 0. The van der Waals surface area contributed by atoms with E-state index in [1.807, 2.05) is 0 Å². The Hall–Kier alpha value is -1.32. The van der Waals surface area contributed by atoms with Crippen molar-refractivity contribution in [2.24, 2.45) is 5.92 Å². The van der Waals surface area contributed by atoms with Gasteiger partial charge in [0, 0.05) is 11.6 Å². The molecule has 1 aliphatic rings. The summed E-state index contributed by atoms with van der Waals surface area (Å²) in [4.78, 5) is 19.0. The summed E-state index contributed by atoms with van der Waals surface area (Å²) in [5.74, 6) is 0.702. The summed E-state index contributed by atoms with van der Waals surface area (Å²) in [7, 11) is 0. The van der Waals surface area contributed by atoms with Crippen molar-refractivity contribution in [3.8, 4) is 0 Å². The fourth-order valence-electron chi connectivity index (χ4n) is 2.81. The zero-order chi connectivity index (χ0) is 13.1. The lowest BCUT2D eigenvalue weighted by Gasteiger charge is -2.24. The first kappa shape index (κ1) is 13.1. The average molecular weight is 250 g/mol. The first-order chi connectivity index (χ1) is 8.61. The zero-order valence-corrected chi connectivity index (χ0v) is 11.2. The Kier molecular flexibility index (Phi) is 4.04. The molecule has 100 valence electrons. The van der Waals surface area contributed by atoms with E-state index in [4.69, 9.17) is 10.1 Å². The van der Waals surface area contributed by atoms with Crippen LogP contribution in [-0.2, 0) is 11.2 Å². The van der Waals surface area contributed by atoms with Gasteiger partial charge in [0.25, 0.3) is 0 Å². The maximum atomic E-state index is 10.9. The number of rotatable bonds is 4. The predicted molar refractivity (Wildman–Crippen MR) is 69.7 cm³/mol. The summed E-state index contributed by atoms with van der Waals surface area (Å²) in [6, 6.07) is 0. The topological polar surface area (TPSA) is 66.0 Å². The van der Waals surface area contributed by atoms with Gasteiger partial charge in [0.15, 0.2) is 0 Å². The number of aromatic nitrogens is 2. The second-order valence-electron chi connectivity index (χ2n) is 5.33. The number of hydrogen-bond acceptors (Lipinski definition) is 2. The molecule has 2 rings (SSSR count). The summed E-state index contributed by atoms with van der Waals surface area (Å²) in [5.41, 5.74) is 2.35. The fourth-order valence-corrected chi connectivity index (χ4v) is 2.81. The first-order valence-corrected chi connectivity index (χ1v) is 6.90.